The number of halogens is 1. The Morgan fingerprint density at radius 2 is 2.00 bits per heavy atom. The molecular formula is C17H15ClN6O2S. The molecule has 0 aliphatic rings. The largest absolute Gasteiger partial charge is 0.493 e. The zero-order chi connectivity index (χ0) is 18.8. The molecule has 4 rings (SSSR count). The van der Waals surface area contributed by atoms with Crippen LogP contribution in [-0.4, -0.2) is 39.0 Å². The molecule has 4 aromatic rings. The lowest BCUT2D eigenvalue weighted by atomic mass is 10.2. The third-order valence-electron chi connectivity index (χ3n) is 3.88. The van der Waals surface area contributed by atoms with Gasteiger partial charge in [-0.15, -0.1) is 11.3 Å². The molecule has 1 N–H and O–H groups in total. The highest BCUT2D eigenvalue weighted by atomic mass is 35.5. The molecule has 0 fully saturated rings. The zero-order valence-corrected chi connectivity index (χ0v) is 16.1. The molecule has 0 spiro atoms. The SMILES string of the molecule is COc1ccc(CNc2nc(-n3cncn3)nc3sc(Cl)cc23)cc1OC. The van der Waals surface area contributed by atoms with E-state index >= 15 is 0 Å². The Balaban J connectivity index is 1.67. The second-order valence-electron chi connectivity index (χ2n) is 5.52. The lowest BCUT2D eigenvalue weighted by Crippen LogP contribution is -2.07. The zero-order valence-electron chi connectivity index (χ0n) is 14.5. The van der Waals surface area contributed by atoms with Crippen LogP contribution in [0.3, 0.4) is 0 Å². The van der Waals surface area contributed by atoms with Crippen molar-refractivity contribution in [3.63, 3.8) is 0 Å². The van der Waals surface area contributed by atoms with E-state index < -0.39 is 0 Å². The summed E-state index contributed by atoms with van der Waals surface area (Å²) in [6, 6.07) is 7.60. The summed E-state index contributed by atoms with van der Waals surface area (Å²) in [7, 11) is 3.22. The number of aromatic nitrogens is 5. The van der Waals surface area contributed by atoms with Gasteiger partial charge in [-0.25, -0.2) is 4.98 Å². The van der Waals surface area contributed by atoms with E-state index in [4.69, 9.17) is 21.1 Å². The first-order chi connectivity index (χ1) is 13.2. The number of hydrogen-bond acceptors (Lipinski definition) is 8. The Morgan fingerprint density at radius 3 is 2.74 bits per heavy atom. The number of nitrogens with one attached hydrogen (secondary N) is 1. The van der Waals surface area contributed by atoms with E-state index in [1.807, 2.05) is 24.3 Å². The molecule has 3 aromatic heterocycles. The van der Waals surface area contributed by atoms with Gasteiger partial charge in [-0.1, -0.05) is 17.7 Å². The van der Waals surface area contributed by atoms with Crippen LogP contribution in [0.15, 0.2) is 36.9 Å². The quantitative estimate of drug-likeness (QED) is 0.527. The molecule has 10 heteroatoms. The number of fused-ring (bicyclic) bond motifs is 1. The minimum absolute atomic E-state index is 0.424. The Morgan fingerprint density at radius 1 is 1.15 bits per heavy atom. The van der Waals surface area contributed by atoms with E-state index in [2.05, 4.69) is 25.4 Å². The average molecular weight is 403 g/mol. The Kier molecular flexibility index (Phi) is 4.78. The van der Waals surface area contributed by atoms with E-state index in [1.165, 1.54) is 22.3 Å². The van der Waals surface area contributed by atoms with E-state index in [0.717, 1.165) is 15.8 Å². The lowest BCUT2D eigenvalue weighted by molar-refractivity contribution is 0.354. The number of hydrogen-bond donors (Lipinski definition) is 1. The minimum Gasteiger partial charge on any atom is -0.493 e. The Hall–Kier alpha value is -2.91. The predicted molar refractivity (Wildman–Crippen MR) is 104 cm³/mol. The number of methoxy groups -OCH3 is 2. The Labute approximate surface area is 163 Å². The van der Waals surface area contributed by atoms with Crippen molar-refractivity contribution in [1.29, 1.82) is 0 Å². The molecule has 8 nitrogen and oxygen atoms in total. The fourth-order valence-corrected chi connectivity index (χ4v) is 3.69. The first-order valence-corrected chi connectivity index (χ1v) is 9.14. The molecule has 0 aliphatic heterocycles. The van der Waals surface area contributed by atoms with Crippen molar-refractivity contribution >= 4 is 39.0 Å². The maximum atomic E-state index is 6.18. The van der Waals surface area contributed by atoms with Crippen LogP contribution < -0.4 is 14.8 Å². The molecule has 1 aromatic carbocycles. The monoisotopic (exact) mass is 402 g/mol. The van der Waals surface area contributed by atoms with Crippen LogP contribution in [0.5, 0.6) is 11.5 Å². The minimum atomic E-state index is 0.424. The summed E-state index contributed by atoms with van der Waals surface area (Å²) in [5.41, 5.74) is 1.02. The van der Waals surface area contributed by atoms with Gasteiger partial charge in [-0.3, -0.25) is 0 Å². The molecule has 0 bridgehead atoms. The second-order valence-corrected chi connectivity index (χ2v) is 7.19. The smallest absolute Gasteiger partial charge is 0.255 e. The number of rotatable bonds is 6. The number of nitrogens with zero attached hydrogens (tertiary/aromatic N) is 5. The highest BCUT2D eigenvalue weighted by molar-refractivity contribution is 7.22. The summed E-state index contributed by atoms with van der Waals surface area (Å²) in [4.78, 5) is 13.8. The van der Waals surface area contributed by atoms with Gasteiger partial charge in [0.15, 0.2) is 11.5 Å². The summed E-state index contributed by atoms with van der Waals surface area (Å²) >= 11 is 7.57. The van der Waals surface area contributed by atoms with Gasteiger partial charge in [0.1, 0.15) is 23.3 Å². The van der Waals surface area contributed by atoms with Crippen molar-refractivity contribution in [2.45, 2.75) is 6.54 Å². The lowest BCUT2D eigenvalue weighted by Gasteiger charge is -2.11. The molecule has 0 aliphatic carbocycles. The highest BCUT2D eigenvalue weighted by Gasteiger charge is 2.13. The van der Waals surface area contributed by atoms with Gasteiger partial charge in [-0.2, -0.15) is 19.7 Å². The van der Waals surface area contributed by atoms with Gasteiger partial charge >= 0.3 is 0 Å². The fourth-order valence-electron chi connectivity index (χ4n) is 2.61. The third-order valence-corrected chi connectivity index (χ3v) is 5.04. The van der Waals surface area contributed by atoms with Crippen LogP contribution in [0.2, 0.25) is 4.34 Å². The van der Waals surface area contributed by atoms with Crippen LogP contribution in [0.1, 0.15) is 5.56 Å². The van der Waals surface area contributed by atoms with Gasteiger partial charge < -0.3 is 14.8 Å². The van der Waals surface area contributed by atoms with Crippen molar-refractivity contribution < 1.29 is 9.47 Å². The average Bonchev–Trinajstić information content (AvgIpc) is 3.34. The van der Waals surface area contributed by atoms with Gasteiger partial charge in [0.25, 0.3) is 5.95 Å². The molecule has 0 unspecified atom stereocenters. The molecule has 0 amide bonds. The molecule has 3 heterocycles. The maximum absolute atomic E-state index is 6.18. The Bertz CT molecular complexity index is 1080. The predicted octanol–water partition coefficient (Wildman–Crippen LogP) is 3.55. The molecule has 27 heavy (non-hydrogen) atoms. The van der Waals surface area contributed by atoms with Crippen molar-refractivity contribution in [3.8, 4) is 17.4 Å². The fraction of sp³-hybridized carbons (Fsp3) is 0.176. The summed E-state index contributed by atoms with van der Waals surface area (Å²) in [6.07, 6.45) is 2.99. The van der Waals surface area contributed by atoms with Gasteiger partial charge in [-0.05, 0) is 23.8 Å². The van der Waals surface area contributed by atoms with E-state index in [0.29, 0.717) is 34.1 Å². The topological polar surface area (TPSA) is 87.0 Å². The summed E-state index contributed by atoms with van der Waals surface area (Å²) < 4.78 is 12.8. The molecule has 0 radical (unpaired) electrons. The van der Waals surface area contributed by atoms with Gasteiger partial charge in [0.05, 0.1) is 23.9 Å². The van der Waals surface area contributed by atoms with E-state index in [1.54, 1.807) is 20.5 Å². The summed E-state index contributed by atoms with van der Waals surface area (Å²) in [6.45, 7) is 0.538. The number of thiophene rings is 1. The normalized spacial score (nSPS) is 10.9. The summed E-state index contributed by atoms with van der Waals surface area (Å²) in [5, 5.41) is 8.30. The number of ether oxygens (including phenoxy) is 2. The van der Waals surface area contributed by atoms with E-state index in [9.17, 15) is 0 Å². The van der Waals surface area contributed by atoms with Crippen LogP contribution in [-0.2, 0) is 6.54 Å². The maximum Gasteiger partial charge on any atom is 0.255 e. The highest BCUT2D eigenvalue weighted by Crippen LogP contribution is 2.33. The number of benzene rings is 1. The molecular weight excluding hydrogens is 388 g/mol. The van der Waals surface area contributed by atoms with Crippen LogP contribution in [0.4, 0.5) is 5.82 Å². The van der Waals surface area contributed by atoms with Crippen molar-refractivity contribution in [1.82, 2.24) is 24.7 Å². The van der Waals surface area contributed by atoms with Gasteiger partial charge in [0, 0.05) is 6.54 Å². The molecule has 0 saturated heterocycles. The second kappa shape index (κ2) is 7.37. The van der Waals surface area contributed by atoms with Crippen molar-refractivity contribution in [2.24, 2.45) is 0 Å². The molecule has 0 atom stereocenters. The van der Waals surface area contributed by atoms with Crippen LogP contribution in [0, 0.1) is 0 Å². The number of anilines is 1. The van der Waals surface area contributed by atoms with Gasteiger partial charge in [0.2, 0.25) is 0 Å². The first-order valence-electron chi connectivity index (χ1n) is 7.95. The summed E-state index contributed by atoms with van der Waals surface area (Å²) in [5.74, 6) is 2.45. The third kappa shape index (κ3) is 3.51. The van der Waals surface area contributed by atoms with Crippen molar-refractivity contribution in [2.75, 3.05) is 19.5 Å². The van der Waals surface area contributed by atoms with Crippen LogP contribution >= 0.6 is 22.9 Å². The standard InChI is InChI=1S/C17H15ClN6O2S/c1-25-12-4-3-10(5-13(12)26-2)7-20-15-11-6-14(18)27-16(11)23-17(22-15)24-9-19-8-21-24/h3-6,8-9H,7H2,1-2H3,(H,20,22,23). The van der Waals surface area contributed by atoms with E-state index in [-0.39, 0.29) is 0 Å². The van der Waals surface area contributed by atoms with Crippen molar-refractivity contribution in [3.05, 3.63) is 46.8 Å². The molecule has 0 saturated carbocycles. The molecule has 138 valence electrons. The first kappa shape index (κ1) is 17.5. The van der Waals surface area contributed by atoms with Crippen LogP contribution in [0.25, 0.3) is 16.2 Å².